The van der Waals surface area contributed by atoms with Crippen molar-refractivity contribution in [2.45, 2.75) is 16.7 Å². The molecular formula is C19H17N5O2S. The zero-order chi connectivity index (χ0) is 19.0. The number of aryl methyl sites for hydroxylation is 1. The zero-order valence-corrected chi connectivity index (χ0v) is 15.6. The number of nitrogens with one attached hydrogen (secondary N) is 1. The number of H-pyrrole nitrogens is 1. The van der Waals surface area contributed by atoms with Gasteiger partial charge in [-0.2, -0.15) is 0 Å². The van der Waals surface area contributed by atoms with E-state index in [4.69, 9.17) is 5.11 Å². The first-order chi connectivity index (χ1) is 13.0. The van der Waals surface area contributed by atoms with Crippen molar-refractivity contribution in [3.05, 3.63) is 60.7 Å². The van der Waals surface area contributed by atoms with Crippen LogP contribution < -0.4 is 4.90 Å². The highest BCUT2D eigenvalue weighted by molar-refractivity contribution is 7.99. The number of hydrogen-bond donors (Lipinski definition) is 2. The van der Waals surface area contributed by atoms with Crippen LogP contribution in [-0.4, -0.2) is 37.8 Å². The third-order valence-electron chi connectivity index (χ3n) is 4.13. The van der Waals surface area contributed by atoms with E-state index < -0.39 is 6.09 Å². The van der Waals surface area contributed by atoms with Gasteiger partial charge in [0, 0.05) is 28.7 Å². The molecule has 136 valence electrons. The largest absolute Gasteiger partial charge is 0.465 e. The summed E-state index contributed by atoms with van der Waals surface area (Å²) in [6.07, 6.45) is 2.73. The van der Waals surface area contributed by atoms with Gasteiger partial charge < -0.3 is 14.7 Å². The lowest BCUT2D eigenvalue weighted by Gasteiger charge is -2.07. The van der Waals surface area contributed by atoms with Crippen LogP contribution in [0.3, 0.4) is 0 Å². The second-order valence-electron chi connectivity index (χ2n) is 6.10. The molecule has 2 aromatic heterocycles. The van der Waals surface area contributed by atoms with E-state index in [1.54, 1.807) is 18.1 Å². The molecule has 2 aromatic carbocycles. The van der Waals surface area contributed by atoms with Crippen LogP contribution in [0.4, 0.5) is 10.7 Å². The van der Waals surface area contributed by atoms with E-state index in [-0.39, 0.29) is 0 Å². The fraction of sp³-hybridized carbons (Fsp3) is 0.105. The van der Waals surface area contributed by atoms with Gasteiger partial charge in [0.15, 0.2) is 0 Å². The quantitative estimate of drug-likeness (QED) is 0.551. The molecule has 0 bridgehead atoms. The average Bonchev–Trinajstić information content (AvgIpc) is 3.27. The molecule has 0 aliphatic carbocycles. The molecule has 0 saturated heterocycles. The number of benzene rings is 2. The Labute approximate surface area is 159 Å². The third-order valence-corrected chi connectivity index (χ3v) is 5.13. The molecule has 1 amide bonds. The summed E-state index contributed by atoms with van der Waals surface area (Å²) in [6.45, 7) is 1.96. The Kier molecular flexibility index (Phi) is 4.33. The Morgan fingerprint density at radius 2 is 1.93 bits per heavy atom. The number of imidazole rings is 2. The predicted octanol–water partition coefficient (Wildman–Crippen LogP) is 4.32. The number of aromatic nitrogens is 4. The monoisotopic (exact) mass is 379 g/mol. The van der Waals surface area contributed by atoms with Crippen molar-refractivity contribution in [2.24, 2.45) is 0 Å². The van der Waals surface area contributed by atoms with Gasteiger partial charge in [0.25, 0.3) is 0 Å². The van der Waals surface area contributed by atoms with E-state index in [2.05, 4.69) is 39.2 Å². The Morgan fingerprint density at radius 1 is 1.19 bits per heavy atom. The summed E-state index contributed by atoms with van der Waals surface area (Å²) in [5.74, 6) is 0.305. The van der Waals surface area contributed by atoms with Crippen molar-refractivity contribution < 1.29 is 9.90 Å². The topological polar surface area (TPSA) is 87.0 Å². The molecule has 4 aromatic rings. The summed E-state index contributed by atoms with van der Waals surface area (Å²) >= 11 is 1.63. The van der Waals surface area contributed by atoms with Gasteiger partial charge in [0.1, 0.15) is 0 Å². The SMILES string of the molecule is Cc1cn(-c2ccc(Sc3ccc4nc(N(C)C(=O)O)[nH]c4c3)cc2)cn1. The molecule has 8 heteroatoms. The highest BCUT2D eigenvalue weighted by atomic mass is 32.2. The normalized spacial score (nSPS) is 11.0. The summed E-state index contributed by atoms with van der Waals surface area (Å²) < 4.78 is 1.99. The van der Waals surface area contributed by atoms with Crippen LogP contribution in [0.2, 0.25) is 0 Å². The molecule has 2 heterocycles. The Hall–Kier alpha value is -3.26. The van der Waals surface area contributed by atoms with Crippen molar-refractivity contribution >= 4 is 34.8 Å². The fourth-order valence-corrected chi connectivity index (χ4v) is 3.53. The van der Waals surface area contributed by atoms with Gasteiger partial charge >= 0.3 is 6.09 Å². The maximum absolute atomic E-state index is 11.1. The summed E-state index contributed by atoms with van der Waals surface area (Å²) in [6, 6.07) is 14.1. The van der Waals surface area contributed by atoms with Crippen LogP contribution in [0.25, 0.3) is 16.7 Å². The molecule has 2 N–H and O–H groups in total. The van der Waals surface area contributed by atoms with Gasteiger partial charge in [-0.05, 0) is 49.4 Å². The average molecular weight is 379 g/mol. The molecule has 0 aliphatic heterocycles. The number of nitrogens with zero attached hydrogens (tertiary/aromatic N) is 4. The molecule has 7 nitrogen and oxygen atoms in total. The molecule has 4 rings (SSSR count). The van der Waals surface area contributed by atoms with Gasteiger partial charge in [0.2, 0.25) is 5.95 Å². The third kappa shape index (κ3) is 3.52. The van der Waals surface area contributed by atoms with E-state index in [9.17, 15) is 4.79 Å². The molecular weight excluding hydrogens is 362 g/mol. The Balaban J connectivity index is 1.55. The standard InChI is InChI=1S/C19H17N5O2S/c1-12-10-24(11-20-12)13-3-5-14(6-4-13)27-15-7-8-16-17(9-15)22-18(21-16)23(2)19(25)26/h3-11H,1-2H3,(H,21,22)(H,25,26). The van der Waals surface area contributed by atoms with Crippen LogP contribution in [0.1, 0.15) is 5.69 Å². The van der Waals surface area contributed by atoms with Crippen molar-refractivity contribution in [3.63, 3.8) is 0 Å². The van der Waals surface area contributed by atoms with Gasteiger partial charge in [-0.3, -0.25) is 4.90 Å². The molecule has 0 aliphatic rings. The lowest BCUT2D eigenvalue weighted by molar-refractivity contribution is 0.203. The first-order valence-electron chi connectivity index (χ1n) is 8.25. The van der Waals surface area contributed by atoms with Gasteiger partial charge in [0.05, 0.1) is 23.1 Å². The summed E-state index contributed by atoms with van der Waals surface area (Å²) in [7, 11) is 1.46. The second kappa shape index (κ2) is 6.81. The van der Waals surface area contributed by atoms with Crippen LogP contribution in [0, 0.1) is 6.92 Å². The molecule has 0 fully saturated rings. The minimum Gasteiger partial charge on any atom is -0.465 e. The molecule has 0 saturated carbocycles. The Morgan fingerprint density at radius 3 is 2.59 bits per heavy atom. The van der Waals surface area contributed by atoms with Crippen molar-refractivity contribution in [2.75, 3.05) is 11.9 Å². The maximum Gasteiger partial charge on any atom is 0.413 e. The number of rotatable bonds is 4. The second-order valence-corrected chi connectivity index (χ2v) is 7.25. The number of carbonyl (C=O) groups is 1. The first kappa shape index (κ1) is 17.2. The molecule has 0 radical (unpaired) electrons. The number of aromatic amines is 1. The molecule has 0 unspecified atom stereocenters. The Bertz CT molecular complexity index is 1120. The number of hydrogen-bond acceptors (Lipinski definition) is 4. The fourth-order valence-electron chi connectivity index (χ4n) is 2.67. The van der Waals surface area contributed by atoms with Crippen molar-refractivity contribution in [3.8, 4) is 5.69 Å². The van der Waals surface area contributed by atoms with E-state index in [0.717, 1.165) is 37.1 Å². The van der Waals surface area contributed by atoms with E-state index in [0.29, 0.717) is 5.95 Å². The van der Waals surface area contributed by atoms with E-state index >= 15 is 0 Å². The minimum atomic E-state index is -1.06. The smallest absolute Gasteiger partial charge is 0.413 e. The van der Waals surface area contributed by atoms with Crippen LogP contribution in [0.5, 0.6) is 0 Å². The maximum atomic E-state index is 11.1. The van der Waals surface area contributed by atoms with E-state index in [1.807, 2.05) is 35.9 Å². The molecule has 27 heavy (non-hydrogen) atoms. The van der Waals surface area contributed by atoms with Gasteiger partial charge in [-0.1, -0.05) is 11.8 Å². The number of carboxylic acid groups (broad SMARTS) is 1. The predicted molar refractivity (Wildman–Crippen MR) is 105 cm³/mol. The van der Waals surface area contributed by atoms with Gasteiger partial charge in [-0.15, -0.1) is 0 Å². The van der Waals surface area contributed by atoms with Gasteiger partial charge in [-0.25, -0.2) is 14.8 Å². The van der Waals surface area contributed by atoms with Crippen molar-refractivity contribution in [1.29, 1.82) is 0 Å². The number of fused-ring (bicyclic) bond motifs is 1. The summed E-state index contributed by atoms with van der Waals surface area (Å²) in [5, 5.41) is 9.07. The van der Waals surface area contributed by atoms with Crippen LogP contribution >= 0.6 is 11.8 Å². The zero-order valence-electron chi connectivity index (χ0n) is 14.7. The molecule has 0 atom stereocenters. The summed E-state index contributed by atoms with van der Waals surface area (Å²) in [5.41, 5.74) is 3.57. The number of anilines is 1. The minimum absolute atomic E-state index is 0.305. The lowest BCUT2D eigenvalue weighted by Crippen LogP contribution is -2.24. The highest BCUT2D eigenvalue weighted by Gasteiger charge is 2.13. The molecule has 0 spiro atoms. The number of amides is 1. The lowest BCUT2D eigenvalue weighted by atomic mass is 10.3. The van der Waals surface area contributed by atoms with E-state index in [1.165, 1.54) is 7.05 Å². The van der Waals surface area contributed by atoms with Crippen LogP contribution in [0.15, 0.2) is 64.8 Å². The summed E-state index contributed by atoms with van der Waals surface area (Å²) in [4.78, 5) is 25.9. The highest BCUT2D eigenvalue weighted by Crippen LogP contribution is 2.30. The van der Waals surface area contributed by atoms with Crippen molar-refractivity contribution in [1.82, 2.24) is 19.5 Å². The van der Waals surface area contributed by atoms with Crippen LogP contribution in [-0.2, 0) is 0 Å². The first-order valence-corrected chi connectivity index (χ1v) is 9.06.